The van der Waals surface area contributed by atoms with Crippen molar-refractivity contribution >= 4 is 11.7 Å². The highest BCUT2D eigenvalue weighted by Crippen LogP contribution is 2.18. The van der Waals surface area contributed by atoms with E-state index in [1.165, 1.54) is 19.2 Å². The van der Waals surface area contributed by atoms with Crippen molar-refractivity contribution in [3.8, 4) is 11.5 Å². The van der Waals surface area contributed by atoms with Gasteiger partial charge in [-0.2, -0.15) is 0 Å². The van der Waals surface area contributed by atoms with E-state index < -0.39 is 12.1 Å². The molecule has 7 nitrogen and oxygen atoms in total. The SMILES string of the molecule is CO[C@@H](Cc1ccc(OCCCOc2ccc(/C(=N\O)c3ccc(F)cc3)cc2)cc1)C(=O)O. The van der Waals surface area contributed by atoms with Crippen molar-refractivity contribution in [3.63, 3.8) is 0 Å². The summed E-state index contributed by atoms with van der Waals surface area (Å²) in [4.78, 5) is 11.0. The summed E-state index contributed by atoms with van der Waals surface area (Å²) in [6.07, 6.45) is 0.0741. The van der Waals surface area contributed by atoms with Crippen molar-refractivity contribution in [1.82, 2.24) is 0 Å². The Balaban J connectivity index is 1.42. The molecule has 0 aromatic heterocycles. The van der Waals surface area contributed by atoms with E-state index in [-0.39, 0.29) is 12.2 Å². The second-order valence-electron chi connectivity index (χ2n) is 7.44. The Morgan fingerprint density at radius 1 is 0.882 bits per heavy atom. The highest BCUT2D eigenvalue weighted by atomic mass is 19.1. The molecule has 34 heavy (non-hydrogen) atoms. The van der Waals surface area contributed by atoms with E-state index in [2.05, 4.69) is 5.16 Å². The van der Waals surface area contributed by atoms with Gasteiger partial charge in [0.2, 0.25) is 0 Å². The zero-order valence-electron chi connectivity index (χ0n) is 18.7. The Morgan fingerprint density at radius 3 is 1.85 bits per heavy atom. The number of carbonyl (C=O) groups is 1. The fourth-order valence-electron chi connectivity index (χ4n) is 3.25. The molecule has 0 fully saturated rings. The number of halogens is 1. The summed E-state index contributed by atoms with van der Waals surface area (Å²) in [7, 11) is 1.38. The molecule has 0 radical (unpaired) electrons. The average molecular weight is 467 g/mol. The first kappa shape index (κ1) is 24.7. The molecule has 0 bridgehead atoms. The van der Waals surface area contributed by atoms with Crippen LogP contribution in [-0.4, -0.2) is 48.4 Å². The zero-order valence-corrected chi connectivity index (χ0v) is 18.7. The molecular formula is C26H26FNO6. The third-order valence-electron chi connectivity index (χ3n) is 5.08. The fourth-order valence-corrected chi connectivity index (χ4v) is 3.25. The third-order valence-corrected chi connectivity index (χ3v) is 5.08. The summed E-state index contributed by atoms with van der Waals surface area (Å²) >= 11 is 0. The van der Waals surface area contributed by atoms with Crippen LogP contribution < -0.4 is 9.47 Å². The number of aliphatic carboxylic acids is 1. The molecule has 0 aliphatic heterocycles. The molecule has 8 heteroatoms. The molecule has 0 saturated heterocycles. The number of oxime groups is 1. The van der Waals surface area contributed by atoms with E-state index in [1.807, 2.05) is 12.1 Å². The molecule has 3 aromatic rings. The van der Waals surface area contributed by atoms with Crippen LogP contribution in [0.2, 0.25) is 0 Å². The van der Waals surface area contributed by atoms with Gasteiger partial charge in [-0.05, 0) is 66.2 Å². The van der Waals surface area contributed by atoms with Gasteiger partial charge in [-0.25, -0.2) is 9.18 Å². The lowest BCUT2D eigenvalue weighted by Gasteiger charge is -2.11. The minimum atomic E-state index is -0.993. The number of hydrogen-bond acceptors (Lipinski definition) is 6. The molecule has 0 amide bonds. The minimum absolute atomic E-state index is 0.286. The van der Waals surface area contributed by atoms with Crippen molar-refractivity contribution in [3.05, 3.63) is 95.3 Å². The van der Waals surface area contributed by atoms with Crippen molar-refractivity contribution < 1.29 is 33.7 Å². The lowest BCUT2D eigenvalue weighted by atomic mass is 10.0. The molecule has 0 unspecified atom stereocenters. The van der Waals surface area contributed by atoms with Gasteiger partial charge in [-0.3, -0.25) is 0 Å². The topological polar surface area (TPSA) is 97.6 Å². The lowest BCUT2D eigenvalue weighted by molar-refractivity contribution is -0.148. The van der Waals surface area contributed by atoms with Crippen LogP contribution >= 0.6 is 0 Å². The number of benzene rings is 3. The number of ether oxygens (including phenoxy) is 3. The molecule has 2 N–H and O–H groups in total. The zero-order chi connectivity index (χ0) is 24.3. The van der Waals surface area contributed by atoms with Crippen LogP contribution in [0.1, 0.15) is 23.1 Å². The second kappa shape index (κ2) is 12.4. The lowest BCUT2D eigenvalue weighted by Crippen LogP contribution is -2.24. The van der Waals surface area contributed by atoms with E-state index in [0.717, 1.165) is 5.56 Å². The van der Waals surface area contributed by atoms with Crippen molar-refractivity contribution in [1.29, 1.82) is 0 Å². The molecular weight excluding hydrogens is 441 g/mol. The van der Waals surface area contributed by atoms with Crippen molar-refractivity contribution in [2.24, 2.45) is 5.16 Å². The van der Waals surface area contributed by atoms with Gasteiger partial charge in [0, 0.05) is 31.1 Å². The first-order valence-electron chi connectivity index (χ1n) is 10.7. The largest absolute Gasteiger partial charge is 0.493 e. The average Bonchev–Trinajstić information content (AvgIpc) is 2.85. The Morgan fingerprint density at radius 2 is 1.38 bits per heavy atom. The molecule has 0 saturated carbocycles. The van der Waals surface area contributed by atoms with Crippen LogP contribution in [0.3, 0.4) is 0 Å². The molecule has 0 spiro atoms. The molecule has 1 atom stereocenters. The van der Waals surface area contributed by atoms with Crippen LogP contribution in [0.15, 0.2) is 78.0 Å². The minimum Gasteiger partial charge on any atom is -0.493 e. The maximum Gasteiger partial charge on any atom is 0.333 e. The molecule has 3 aromatic carbocycles. The Kier molecular flexibility index (Phi) is 8.99. The Labute approximate surface area is 197 Å². The number of methoxy groups -OCH3 is 1. The van der Waals surface area contributed by atoms with Gasteiger partial charge >= 0.3 is 5.97 Å². The van der Waals surface area contributed by atoms with E-state index >= 15 is 0 Å². The summed E-state index contributed by atoms with van der Waals surface area (Å²) in [6, 6.07) is 20.0. The number of nitrogens with zero attached hydrogens (tertiary/aromatic N) is 1. The summed E-state index contributed by atoms with van der Waals surface area (Å²) in [5.74, 6) is -0.00122. The predicted octanol–water partition coefficient (Wildman–Crippen LogP) is 4.54. The van der Waals surface area contributed by atoms with Crippen LogP contribution in [0.4, 0.5) is 4.39 Å². The highest BCUT2D eigenvalue weighted by molar-refractivity contribution is 6.12. The van der Waals surface area contributed by atoms with Gasteiger partial charge in [0.25, 0.3) is 0 Å². The molecule has 0 aliphatic carbocycles. The van der Waals surface area contributed by atoms with E-state index in [9.17, 15) is 14.4 Å². The fraction of sp³-hybridized carbons (Fsp3) is 0.231. The second-order valence-corrected chi connectivity index (χ2v) is 7.44. The predicted molar refractivity (Wildman–Crippen MR) is 124 cm³/mol. The van der Waals surface area contributed by atoms with E-state index in [1.54, 1.807) is 48.5 Å². The first-order chi connectivity index (χ1) is 16.5. The van der Waals surface area contributed by atoms with Crippen LogP contribution in [0.25, 0.3) is 0 Å². The number of hydrogen-bond donors (Lipinski definition) is 2. The van der Waals surface area contributed by atoms with Crippen LogP contribution in [0.5, 0.6) is 11.5 Å². The smallest absolute Gasteiger partial charge is 0.333 e. The number of rotatable bonds is 12. The van der Waals surface area contributed by atoms with E-state index in [4.69, 9.17) is 19.3 Å². The van der Waals surface area contributed by atoms with Gasteiger partial charge in [0.05, 0.1) is 13.2 Å². The summed E-state index contributed by atoms with van der Waals surface area (Å²) in [5, 5.41) is 21.8. The highest BCUT2D eigenvalue weighted by Gasteiger charge is 2.16. The Hall–Kier alpha value is -3.91. The number of carboxylic acid groups (broad SMARTS) is 1. The summed E-state index contributed by atoms with van der Waals surface area (Å²) < 4.78 is 29.5. The van der Waals surface area contributed by atoms with Gasteiger partial charge in [-0.15, -0.1) is 0 Å². The van der Waals surface area contributed by atoms with Crippen molar-refractivity contribution in [2.75, 3.05) is 20.3 Å². The van der Waals surface area contributed by atoms with Gasteiger partial charge < -0.3 is 24.5 Å². The van der Waals surface area contributed by atoms with Crippen molar-refractivity contribution in [2.45, 2.75) is 18.9 Å². The normalized spacial score (nSPS) is 12.2. The molecule has 0 aliphatic rings. The monoisotopic (exact) mass is 467 g/mol. The summed E-state index contributed by atoms with van der Waals surface area (Å²) in [6.45, 7) is 0.906. The maximum absolute atomic E-state index is 13.1. The summed E-state index contributed by atoms with van der Waals surface area (Å²) in [5.41, 5.74) is 2.46. The molecule has 3 rings (SSSR count). The number of carboxylic acids is 1. The van der Waals surface area contributed by atoms with Gasteiger partial charge in [0.1, 0.15) is 23.0 Å². The molecule has 178 valence electrons. The van der Waals surface area contributed by atoms with Gasteiger partial charge in [0.15, 0.2) is 6.10 Å². The van der Waals surface area contributed by atoms with Crippen LogP contribution in [-0.2, 0) is 16.0 Å². The molecule has 0 heterocycles. The standard InChI is InChI=1S/C26H26FNO6/c1-32-24(26(29)30)17-18-3-11-22(12-4-18)33-15-2-16-34-23-13-7-20(8-14-23)25(28-31)19-5-9-21(27)10-6-19/h3-14,24,31H,2,15-17H2,1H3,(H,29,30)/b28-25-/t24-/m0/s1. The van der Waals surface area contributed by atoms with Gasteiger partial charge in [-0.1, -0.05) is 17.3 Å². The quantitative estimate of drug-likeness (QED) is 0.176. The van der Waals surface area contributed by atoms with E-state index in [0.29, 0.717) is 48.0 Å². The van der Waals surface area contributed by atoms with Crippen LogP contribution in [0, 0.1) is 5.82 Å². The third kappa shape index (κ3) is 7.05. The first-order valence-corrected chi connectivity index (χ1v) is 10.7. The maximum atomic E-state index is 13.1. The Bertz CT molecular complexity index is 1080.